The van der Waals surface area contributed by atoms with E-state index in [9.17, 15) is 9.59 Å². The fourth-order valence-corrected chi connectivity index (χ4v) is 3.83. The molecule has 2 amide bonds. The van der Waals surface area contributed by atoms with Gasteiger partial charge in [0.25, 0.3) is 5.56 Å². The Morgan fingerprint density at radius 1 is 0.844 bits per heavy atom. The Labute approximate surface area is 187 Å². The van der Waals surface area contributed by atoms with Crippen LogP contribution in [0.1, 0.15) is 27.8 Å². The second-order valence-corrected chi connectivity index (χ2v) is 8.10. The number of aromatic nitrogens is 1. The summed E-state index contributed by atoms with van der Waals surface area (Å²) in [6.45, 7) is 5.06. The minimum absolute atomic E-state index is 0.167. The zero-order valence-electron chi connectivity index (χ0n) is 18.4. The maximum atomic E-state index is 13.1. The Hall–Kier alpha value is -3.86. The van der Waals surface area contributed by atoms with Crippen molar-refractivity contribution < 1.29 is 4.79 Å². The first-order valence-electron chi connectivity index (χ1n) is 10.7. The van der Waals surface area contributed by atoms with Gasteiger partial charge in [-0.15, -0.1) is 0 Å². The molecule has 4 rings (SSSR count). The molecule has 0 saturated heterocycles. The van der Waals surface area contributed by atoms with Crippen molar-refractivity contribution in [3.63, 3.8) is 0 Å². The number of aromatic amines is 1. The third-order valence-corrected chi connectivity index (χ3v) is 5.67. The molecule has 0 radical (unpaired) electrons. The lowest BCUT2D eigenvalue weighted by molar-refractivity contribution is 0.191. The summed E-state index contributed by atoms with van der Waals surface area (Å²) in [7, 11) is 0. The van der Waals surface area contributed by atoms with Crippen LogP contribution in [0.4, 0.5) is 4.79 Å². The van der Waals surface area contributed by atoms with Gasteiger partial charge in [0.05, 0.1) is 12.1 Å². The Bertz CT molecular complexity index is 1280. The molecule has 5 heteroatoms. The SMILES string of the molecule is Cc1ccc(C)c2[nH]c(=O)c(CN(Cc3ccccc3)C(=O)NCc3ccccc3)cc12. The molecule has 0 bridgehead atoms. The van der Waals surface area contributed by atoms with E-state index >= 15 is 0 Å². The lowest BCUT2D eigenvalue weighted by atomic mass is 10.0. The predicted octanol–water partition coefficient (Wildman–Crippen LogP) is 5.06. The first-order valence-corrected chi connectivity index (χ1v) is 10.7. The monoisotopic (exact) mass is 425 g/mol. The van der Waals surface area contributed by atoms with Gasteiger partial charge >= 0.3 is 6.03 Å². The molecule has 4 aromatic rings. The number of nitrogens with zero attached hydrogens (tertiary/aromatic N) is 1. The average Bonchev–Trinajstić information content (AvgIpc) is 2.81. The van der Waals surface area contributed by atoms with Crippen LogP contribution in [-0.2, 0) is 19.6 Å². The van der Waals surface area contributed by atoms with Crippen LogP contribution in [0.5, 0.6) is 0 Å². The molecule has 1 heterocycles. The molecule has 0 spiro atoms. The van der Waals surface area contributed by atoms with E-state index in [1.807, 2.05) is 92.7 Å². The number of carbonyl (C=O) groups excluding carboxylic acids is 1. The smallest absolute Gasteiger partial charge is 0.318 e. The highest BCUT2D eigenvalue weighted by Gasteiger charge is 2.17. The van der Waals surface area contributed by atoms with E-state index in [2.05, 4.69) is 10.3 Å². The summed E-state index contributed by atoms with van der Waals surface area (Å²) < 4.78 is 0. The number of urea groups is 1. The molecule has 0 aliphatic heterocycles. The van der Waals surface area contributed by atoms with E-state index in [-0.39, 0.29) is 18.1 Å². The molecule has 1 aromatic heterocycles. The minimum Gasteiger partial charge on any atom is -0.334 e. The number of hydrogen-bond acceptors (Lipinski definition) is 2. The summed E-state index contributed by atoms with van der Waals surface area (Å²) in [4.78, 5) is 30.7. The van der Waals surface area contributed by atoms with Crippen molar-refractivity contribution >= 4 is 16.9 Å². The number of H-pyrrole nitrogens is 1. The summed E-state index contributed by atoms with van der Waals surface area (Å²) in [5.41, 5.74) is 5.39. The fourth-order valence-electron chi connectivity index (χ4n) is 3.83. The molecule has 0 fully saturated rings. The number of aryl methyl sites for hydroxylation is 2. The van der Waals surface area contributed by atoms with Gasteiger partial charge in [-0.05, 0) is 42.2 Å². The second kappa shape index (κ2) is 9.52. The molecule has 2 N–H and O–H groups in total. The van der Waals surface area contributed by atoms with Crippen molar-refractivity contribution in [2.24, 2.45) is 0 Å². The number of pyridine rings is 1. The average molecular weight is 426 g/mol. The molecule has 162 valence electrons. The zero-order chi connectivity index (χ0) is 22.5. The van der Waals surface area contributed by atoms with Crippen LogP contribution < -0.4 is 10.9 Å². The van der Waals surface area contributed by atoms with Gasteiger partial charge in [-0.1, -0.05) is 72.8 Å². The van der Waals surface area contributed by atoms with Crippen molar-refractivity contribution in [2.75, 3.05) is 0 Å². The lowest BCUT2D eigenvalue weighted by Crippen LogP contribution is -2.39. The van der Waals surface area contributed by atoms with Crippen molar-refractivity contribution in [3.05, 3.63) is 117 Å². The summed E-state index contributed by atoms with van der Waals surface area (Å²) in [6.07, 6.45) is 0. The molecule has 0 aliphatic rings. The Morgan fingerprint density at radius 2 is 1.47 bits per heavy atom. The Morgan fingerprint density at radius 3 is 2.16 bits per heavy atom. The molecule has 3 aromatic carbocycles. The van der Waals surface area contributed by atoms with E-state index < -0.39 is 0 Å². The highest BCUT2D eigenvalue weighted by Crippen LogP contribution is 2.20. The topological polar surface area (TPSA) is 65.2 Å². The summed E-state index contributed by atoms with van der Waals surface area (Å²) in [5, 5.41) is 4.00. The first kappa shape index (κ1) is 21.4. The van der Waals surface area contributed by atoms with Gasteiger partial charge in [-0.3, -0.25) is 4.79 Å². The van der Waals surface area contributed by atoms with E-state index in [0.29, 0.717) is 18.7 Å². The number of fused-ring (bicyclic) bond motifs is 1. The number of hydrogen-bond donors (Lipinski definition) is 2. The van der Waals surface area contributed by atoms with Crippen molar-refractivity contribution in [1.29, 1.82) is 0 Å². The summed E-state index contributed by atoms with van der Waals surface area (Å²) in [6, 6.07) is 25.4. The summed E-state index contributed by atoms with van der Waals surface area (Å²) >= 11 is 0. The van der Waals surface area contributed by atoms with Crippen molar-refractivity contribution in [3.8, 4) is 0 Å². The highest BCUT2D eigenvalue weighted by atomic mass is 16.2. The first-order chi connectivity index (χ1) is 15.5. The maximum Gasteiger partial charge on any atom is 0.318 e. The van der Waals surface area contributed by atoms with Crippen LogP contribution in [-0.4, -0.2) is 15.9 Å². The van der Waals surface area contributed by atoms with Gasteiger partial charge < -0.3 is 15.2 Å². The summed E-state index contributed by atoms with van der Waals surface area (Å²) in [5.74, 6) is 0. The molecule has 0 unspecified atom stereocenters. The van der Waals surface area contributed by atoms with Gasteiger partial charge in [0.1, 0.15) is 0 Å². The molecule has 0 aliphatic carbocycles. The van der Waals surface area contributed by atoms with Crippen molar-refractivity contribution in [2.45, 2.75) is 33.5 Å². The molecule has 0 atom stereocenters. The van der Waals surface area contributed by atoms with E-state index in [1.165, 1.54) is 0 Å². The molecule has 32 heavy (non-hydrogen) atoms. The largest absolute Gasteiger partial charge is 0.334 e. The molecular formula is C27H27N3O2. The molecule has 5 nitrogen and oxygen atoms in total. The quantitative estimate of drug-likeness (QED) is 0.454. The number of rotatable bonds is 6. The standard InChI is InChI=1S/C27H27N3O2/c1-19-13-14-20(2)25-24(19)15-23(26(31)29-25)18-30(17-22-11-7-4-8-12-22)27(32)28-16-21-9-5-3-6-10-21/h3-15H,16-18H2,1-2H3,(H,28,32)(H,29,31). The molecule has 0 saturated carbocycles. The molecular weight excluding hydrogens is 398 g/mol. The number of amides is 2. The van der Waals surface area contributed by atoms with Crippen LogP contribution >= 0.6 is 0 Å². The lowest BCUT2D eigenvalue weighted by Gasteiger charge is -2.23. The number of carbonyl (C=O) groups is 1. The van der Waals surface area contributed by atoms with Gasteiger partial charge in [-0.2, -0.15) is 0 Å². The Kier molecular flexibility index (Phi) is 6.36. The van der Waals surface area contributed by atoms with Crippen LogP contribution in [0.25, 0.3) is 10.9 Å². The van der Waals surface area contributed by atoms with Gasteiger partial charge in [0.2, 0.25) is 0 Å². The normalized spacial score (nSPS) is 10.8. The highest BCUT2D eigenvalue weighted by molar-refractivity contribution is 5.85. The zero-order valence-corrected chi connectivity index (χ0v) is 18.4. The third kappa shape index (κ3) is 4.89. The van der Waals surface area contributed by atoms with Gasteiger partial charge in [0.15, 0.2) is 0 Å². The van der Waals surface area contributed by atoms with Crippen LogP contribution in [0, 0.1) is 13.8 Å². The second-order valence-electron chi connectivity index (χ2n) is 8.10. The predicted molar refractivity (Wildman–Crippen MR) is 128 cm³/mol. The third-order valence-electron chi connectivity index (χ3n) is 5.67. The van der Waals surface area contributed by atoms with E-state index in [1.54, 1.807) is 4.90 Å². The van der Waals surface area contributed by atoms with Crippen LogP contribution in [0.3, 0.4) is 0 Å². The van der Waals surface area contributed by atoms with Crippen LogP contribution in [0.15, 0.2) is 83.7 Å². The van der Waals surface area contributed by atoms with Gasteiger partial charge in [-0.25, -0.2) is 4.79 Å². The van der Waals surface area contributed by atoms with E-state index in [4.69, 9.17) is 0 Å². The number of nitrogens with one attached hydrogen (secondary N) is 2. The Balaban J connectivity index is 1.62. The van der Waals surface area contributed by atoms with E-state index in [0.717, 1.165) is 33.2 Å². The van der Waals surface area contributed by atoms with Crippen LogP contribution in [0.2, 0.25) is 0 Å². The fraction of sp³-hybridized carbons (Fsp3) is 0.185. The minimum atomic E-state index is -0.210. The number of benzene rings is 3. The van der Waals surface area contributed by atoms with Crippen molar-refractivity contribution in [1.82, 2.24) is 15.2 Å². The van der Waals surface area contributed by atoms with Gasteiger partial charge in [0, 0.05) is 24.0 Å². The maximum absolute atomic E-state index is 13.1.